The average molecular weight is 353 g/mol. The Labute approximate surface area is 145 Å². The fourth-order valence-corrected chi connectivity index (χ4v) is 4.04. The van der Waals surface area contributed by atoms with Gasteiger partial charge in [-0.2, -0.15) is 0 Å². The number of hydrogen-bond acceptors (Lipinski definition) is 3. The zero-order valence-corrected chi connectivity index (χ0v) is 15.9. The van der Waals surface area contributed by atoms with Crippen LogP contribution in [0.15, 0.2) is 18.2 Å². The van der Waals surface area contributed by atoms with Gasteiger partial charge in [-0.05, 0) is 49.8 Å². The molecule has 0 atom stereocenters. The Morgan fingerprint density at radius 3 is 2.46 bits per heavy atom. The Morgan fingerprint density at radius 1 is 1.25 bits per heavy atom. The van der Waals surface area contributed by atoms with Crippen LogP contribution in [0.25, 0.3) is 0 Å². The van der Waals surface area contributed by atoms with E-state index in [4.69, 9.17) is 0 Å². The van der Waals surface area contributed by atoms with Crippen LogP contribution in [-0.4, -0.2) is 45.1 Å². The van der Waals surface area contributed by atoms with Gasteiger partial charge in [0.2, 0.25) is 15.9 Å². The fourth-order valence-electron chi connectivity index (χ4n) is 3.07. The molecule has 1 aromatic rings. The predicted octanol–water partition coefficient (Wildman–Crippen LogP) is 2.72. The van der Waals surface area contributed by atoms with Crippen molar-refractivity contribution in [1.29, 1.82) is 0 Å². The van der Waals surface area contributed by atoms with Crippen molar-refractivity contribution < 1.29 is 13.2 Å². The molecule has 2 rings (SSSR count). The van der Waals surface area contributed by atoms with E-state index >= 15 is 0 Å². The second-order valence-electron chi connectivity index (χ2n) is 6.94. The first-order chi connectivity index (χ1) is 11.2. The molecule has 0 radical (unpaired) electrons. The number of piperidine rings is 1. The predicted molar refractivity (Wildman–Crippen MR) is 97.7 cm³/mol. The smallest absolute Gasteiger partial charge is 0.232 e. The molecule has 1 aliphatic rings. The van der Waals surface area contributed by atoms with Crippen molar-refractivity contribution in [2.75, 3.05) is 30.2 Å². The summed E-state index contributed by atoms with van der Waals surface area (Å²) < 4.78 is 25.8. The van der Waals surface area contributed by atoms with Gasteiger partial charge < -0.3 is 4.90 Å². The maximum Gasteiger partial charge on any atom is 0.232 e. The molecule has 0 aliphatic carbocycles. The van der Waals surface area contributed by atoms with Crippen LogP contribution in [0, 0.1) is 19.8 Å². The number of carbonyl (C=O) groups is 1. The third-order valence-corrected chi connectivity index (χ3v) is 5.88. The summed E-state index contributed by atoms with van der Waals surface area (Å²) in [6.07, 6.45) is 3.47. The van der Waals surface area contributed by atoms with Gasteiger partial charge in [0, 0.05) is 26.1 Å². The molecule has 134 valence electrons. The van der Waals surface area contributed by atoms with E-state index in [1.54, 1.807) is 0 Å². The molecule has 24 heavy (non-hydrogen) atoms. The molecule has 0 aromatic heterocycles. The summed E-state index contributed by atoms with van der Waals surface area (Å²) in [5, 5.41) is 0. The standard InChI is InChI=1S/C18H28N2O3S/c1-14-7-10-19(11-8-14)18(21)9-12-20(24(4,22)23)17-13-15(2)5-6-16(17)3/h5-6,13-14H,7-12H2,1-4H3. The highest BCUT2D eigenvalue weighted by atomic mass is 32.2. The Hall–Kier alpha value is -1.56. The molecule has 1 heterocycles. The first-order valence-corrected chi connectivity index (χ1v) is 10.4. The lowest BCUT2D eigenvalue weighted by molar-refractivity contribution is -0.132. The van der Waals surface area contributed by atoms with E-state index in [1.807, 2.05) is 36.9 Å². The monoisotopic (exact) mass is 352 g/mol. The van der Waals surface area contributed by atoms with Crippen molar-refractivity contribution in [2.45, 2.75) is 40.0 Å². The summed E-state index contributed by atoms with van der Waals surface area (Å²) >= 11 is 0. The quantitative estimate of drug-likeness (QED) is 0.819. The topological polar surface area (TPSA) is 57.7 Å². The van der Waals surface area contributed by atoms with E-state index in [0.717, 1.165) is 37.1 Å². The first kappa shape index (κ1) is 18.8. The molecular formula is C18H28N2O3S. The second-order valence-corrected chi connectivity index (χ2v) is 8.85. The van der Waals surface area contributed by atoms with Gasteiger partial charge in [-0.15, -0.1) is 0 Å². The van der Waals surface area contributed by atoms with Gasteiger partial charge in [0.05, 0.1) is 11.9 Å². The number of rotatable bonds is 5. The minimum atomic E-state index is -3.43. The molecule has 1 saturated heterocycles. The van der Waals surface area contributed by atoms with Crippen molar-refractivity contribution in [1.82, 2.24) is 4.90 Å². The number of likely N-dealkylation sites (tertiary alicyclic amines) is 1. The van der Waals surface area contributed by atoms with E-state index < -0.39 is 10.0 Å². The van der Waals surface area contributed by atoms with Gasteiger partial charge in [0.1, 0.15) is 0 Å². The Kier molecular flexibility index (Phi) is 5.91. The van der Waals surface area contributed by atoms with Crippen LogP contribution in [0.3, 0.4) is 0 Å². The van der Waals surface area contributed by atoms with Crippen LogP contribution in [-0.2, 0) is 14.8 Å². The van der Waals surface area contributed by atoms with Gasteiger partial charge in [-0.25, -0.2) is 8.42 Å². The summed E-state index contributed by atoms with van der Waals surface area (Å²) in [4.78, 5) is 14.3. The van der Waals surface area contributed by atoms with E-state index in [1.165, 1.54) is 10.6 Å². The normalized spacial score (nSPS) is 16.2. The number of amides is 1. The van der Waals surface area contributed by atoms with Crippen molar-refractivity contribution in [3.63, 3.8) is 0 Å². The van der Waals surface area contributed by atoms with Crippen LogP contribution < -0.4 is 4.31 Å². The fraction of sp³-hybridized carbons (Fsp3) is 0.611. The largest absolute Gasteiger partial charge is 0.343 e. The molecule has 0 spiro atoms. The molecule has 5 nitrogen and oxygen atoms in total. The number of sulfonamides is 1. The van der Waals surface area contributed by atoms with Gasteiger partial charge >= 0.3 is 0 Å². The SMILES string of the molecule is Cc1ccc(C)c(N(CCC(=O)N2CCC(C)CC2)S(C)(=O)=O)c1. The highest BCUT2D eigenvalue weighted by Crippen LogP contribution is 2.24. The van der Waals surface area contributed by atoms with Crippen LogP contribution in [0.2, 0.25) is 0 Å². The molecule has 0 bridgehead atoms. The van der Waals surface area contributed by atoms with Gasteiger partial charge in [-0.3, -0.25) is 9.10 Å². The summed E-state index contributed by atoms with van der Waals surface area (Å²) in [5.74, 6) is 0.706. The lowest BCUT2D eigenvalue weighted by Crippen LogP contribution is -2.40. The zero-order chi connectivity index (χ0) is 17.9. The molecule has 0 N–H and O–H groups in total. The lowest BCUT2D eigenvalue weighted by Gasteiger charge is -2.31. The van der Waals surface area contributed by atoms with Crippen molar-refractivity contribution in [3.8, 4) is 0 Å². The van der Waals surface area contributed by atoms with E-state index in [-0.39, 0.29) is 18.9 Å². The highest BCUT2D eigenvalue weighted by Gasteiger charge is 2.24. The Morgan fingerprint density at radius 2 is 1.88 bits per heavy atom. The van der Waals surface area contributed by atoms with Crippen LogP contribution in [0.4, 0.5) is 5.69 Å². The molecule has 6 heteroatoms. The number of nitrogens with zero attached hydrogens (tertiary/aromatic N) is 2. The first-order valence-electron chi connectivity index (χ1n) is 8.51. The van der Waals surface area contributed by atoms with Crippen molar-refractivity contribution >= 4 is 21.6 Å². The lowest BCUT2D eigenvalue weighted by atomic mass is 9.99. The summed E-state index contributed by atoms with van der Waals surface area (Å²) in [6.45, 7) is 7.77. The maximum absolute atomic E-state index is 12.4. The van der Waals surface area contributed by atoms with Gasteiger partial charge in [-0.1, -0.05) is 19.1 Å². The summed E-state index contributed by atoms with van der Waals surface area (Å²) in [5.41, 5.74) is 2.56. The third kappa shape index (κ3) is 4.72. The highest BCUT2D eigenvalue weighted by molar-refractivity contribution is 7.92. The van der Waals surface area contributed by atoms with Crippen LogP contribution >= 0.6 is 0 Å². The van der Waals surface area contributed by atoms with Crippen LogP contribution in [0.1, 0.15) is 37.3 Å². The minimum Gasteiger partial charge on any atom is -0.343 e. The number of hydrogen-bond donors (Lipinski definition) is 0. The Bertz CT molecular complexity index is 692. The third-order valence-electron chi connectivity index (χ3n) is 4.70. The number of benzene rings is 1. The number of carbonyl (C=O) groups excluding carboxylic acids is 1. The van der Waals surface area contributed by atoms with Gasteiger partial charge in [0.15, 0.2) is 0 Å². The van der Waals surface area contributed by atoms with E-state index in [0.29, 0.717) is 11.6 Å². The van der Waals surface area contributed by atoms with E-state index in [2.05, 4.69) is 6.92 Å². The minimum absolute atomic E-state index is 0.0425. The summed E-state index contributed by atoms with van der Waals surface area (Å²) in [6, 6.07) is 5.74. The second kappa shape index (κ2) is 7.55. The van der Waals surface area contributed by atoms with Crippen LogP contribution in [0.5, 0.6) is 0 Å². The molecular weight excluding hydrogens is 324 g/mol. The molecule has 1 aliphatic heterocycles. The van der Waals surface area contributed by atoms with Crippen molar-refractivity contribution in [3.05, 3.63) is 29.3 Å². The van der Waals surface area contributed by atoms with Crippen molar-refractivity contribution in [2.24, 2.45) is 5.92 Å². The van der Waals surface area contributed by atoms with Gasteiger partial charge in [0.25, 0.3) is 0 Å². The zero-order valence-electron chi connectivity index (χ0n) is 15.1. The molecule has 0 saturated carbocycles. The molecule has 1 fully saturated rings. The molecule has 1 aromatic carbocycles. The number of aryl methyl sites for hydroxylation is 2. The Balaban J connectivity index is 2.10. The molecule has 0 unspecified atom stereocenters. The average Bonchev–Trinajstić information content (AvgIpc) is 2.50. The van der Waals surface area contributed by atoms with E-state index in [9.17, 15) is 13.2 Å². The molecule has 1 amide bonds. The maximum atomic E-state index is 12.4. The number of anilines is 1. The summed E-state index contributed by atoms with van der Waals surface area (Å²) in [7, 11) is -3.43.